The van der Waals surface area contributed by atoms with Crippen LogP contribution >= 0.6 is 0 Å². The minimum absolute atomic E-state index is 0.206. The highest BCUT2D eigenvalue weighted by Crippen LogP contribution is 2.32. The summed E-state index contributed by atoms with van der Waals surface area (Å²) in [7, 11) is 1.55. The second kappa shape index (κ2) is 10.6. The fraction of sp³-hybridized carbons (Fsp3) is 0.280. The van der Waals surface area contributed by atoms with E-state index in [-0.39, 0.29) is 17.6 Å². The molecule has 0 aliphatic rings. The van der Waals surface area contributed by atoms with Crippen molar-refractivity contribution in [2.24, 2.45) is 0 Å². The summed E-state index contributed by atoms with van der Waals surface area (Å²) < 4.78 is 52.7. The van der Waals surface area contributed by atoms with Gasteiger partial charge in [-0.2, -0.15) is 13.2 Å². The monoisotopic (exact) mass is 459 g/mol. The van der Waals surface area contributed by atoms with E-state index in [9.17, 15) is 22.4 Å². The van der Waals surface area contributed by atoms with Gasteiger partial charge in [0, 0.05) is 24.9 Å². The Balaban J connectivity index is 1.85. The molecule has 4 nitrogen and oxygen atoms in total. The summed E-state index contributed by atoms with van der Waals surface area (Å²) in [6.45, 7) is 2.00. The summed E-state index contributed by atoms with van der Waals surface area (Å²) >= 11 is 0. The molecule has 3 rings (SSSR count). The van der Waals surface area contributed by atoms with E-state index in [1.807, 2.05) is 30.3 Å². The predicted octanol–water partition coefficient (Wildman–Crippen LogP) is 5.15. The molecule has 0 saturated carbocycles. The largest absolute Gasteiger partial charge is 0.417 e. The Morgan fingerprint density at radius 2 is 1.76 bits per heavy atom. The van der Waals surface area contributed by atoms with Crippen molar-refractivity contribution >= 4 is 5.91 Å². The molecule has 0 radical (unpaired) electrons. The fourth-order valence-corrected chi connectivity index (χ4v) is 3.67. The number of carbonyl (C=O) groups excluding carboxylic acids is 1. The number of carbonyl (C=O) groups is 1. The average Bonchev–Trinajstić information content (AvgIpc) is 2.81. The zero-order valence-corrected chi connectivity index (χ0v) is 18.3. The van der Waals surface area contributed by atoms with Gasteiger partial charge < -0.3 is 10.6 Å². The van der Waals surface area contributed by atoms with E-state index in [0.717, 1.165) is 23.4 Å². The van der Waals surface area contributed by atoms with Gasteiger partial charge in [-0.1, -0.05) is 42.5 Å². The van der Waals surface area contributed by atoms with Crippen molar-refractivity contribution in [3.63, 3.8) is 0 Å². The van der Waals surface area contributed by atoms with Crippen molar-refractivity contribution in [1.82, 2.24) is 15.6 Å². The lowest BCUT2D eigenvalue weighted by atomic mass is 9.90. The SMILES string of the molecule is CNC(=O)[C@H](NCC[C@H](c1ccc(F)c(C)c1)c1ccc(C(F)(F)F)cn1)c1ccccc1. The van der Waals surface area contributed by atoms with Crippen LogP contribution in [0, 0.1) is 12.7 Å². The number of rotatable bonds is 8. The Hall–Kier alpha value is -3.26. The van der Waals surface area contributed by atoms with Crippen LogP contribution in [0.15, 0.2) is 66.9 Å². The summed E-state index contributed by atoms with van der Waals surface area (Å²) in [6.07, 6.45) is -3.24. The number of hydrogen-bond acceptors (Lipinski definition) is 3. The molecule has 174 valence electrons. The van der Waals surface area contributed by atoms with E-state index in [1.165, 1.54) is 12.1 Å². The highest BCUT2D eigenvalue weighted by Gasteiger charge is 2.31. The van der Waals surface area contributed by atoms with Crippen molar-refractivity contribution in [3.8, 4) is 0 Å². The third-order valence-corrected chi connectivity index (χ3v) is 5.48. The van der Waals surface area contributed by atoms with Crippen molar-refractivity contribution < 1.29 is 22.4 Å². The summed E-state index contributed by atoms with van der Waals surface area (Å²) in [5.74, 6) is -0.956. The molecule has 0 bridgehead atoms. The van der Waals surface area contributed by atoms with Crippen LogP contribution in [-0.4, -0.2) is 24.5 Å². The van der Waals surface area contributed by atoms with Crippen LogP contribution in [0.4, 0.5) is 17.6 Å². The molecule has 1 aromatic heterocycles. The first-order valence-electron chi connectivity index (χ1n) is 10.5. The van der Waals surface area contributed by atoms with E-state index in [4.69, 9.17) is 0 Å². The number of pyridine rings is 1. The zero-order chi connectivity index (χ0) is 24.0. The Morgan fingerprint density at radius 3 is 2.33 bits per heavy atom. The van der Waals surface area contributed by atoms with Crippen molar-refractivity contribution in [1.29, 1.82) is 0 Å². The molecule has 2 aromatic carbocycles. The molecule has 0 saturated heterocycles. The van der Waals surface area contributed by atoms with Gasteiger partial charge in [0.05, 0.1) is 5.56 Å². The van der Waals surface area contributed by atoms with Gasteiger partial charge in [-0.3, -0.25) is 9.78 Å². The van der Waals surface area contributed by atoms with Gasteiger partial charge in [0.2, 0.25) is 5.91 Å². The highest BCUT2D eigenvalue weighted by atomic mass is 19.4. The molecule has 2 atom stereocenters. The molecule has 1 heterocycles. The maximum atomic E-state index is 13.8. The van der Waals surface area contributed by atoms with E-state index in [1.54, 1.807) is 26.1 Å². The Kier molecular flexibility index (Phi) is 7.81. The zero-order valence-electron chi connectivity index (χ0n) is 18.3. The quantitative estimate of drug-likeness (QED) is 0.459. The van der Waals surface area contributed by atoms with Gasteiger partial charge in [0.1, 0.15) is 11.9 Å². The topological polar surface area (TPSA) is 54.0 Å². The number of nitrogens with one attached hydrogen (secondary N) is 2. The second-order valence-electron chi connectivity index (χ2n) is 7.73. The first-order valence-corrected chi connectivity index (χ1v) is 10.5. The van der Waals surface area contributed by atoms with Crippen molar-refractivity contribution in [3.05, 3.63) is 101 Å². The maximum Gasteiger partial charge on any atom is 0.417 e. The molecule has 0 aliphatic heterocycles. The molecule has 0 aliphatic carbocycles. The average molecular weight is 459 g/mol. The summed E-state index contributed by atoms with van der Waals surface area (Å²) in [5, 5.41) is 5.86. The number of alkyl halides is 3. The lowest BCUT2D eigenvalue weighted by Gasteiger charge is -2.22. The van der Waals surface area contributed by atoms with Crippen molar-refractivity contribution in [2.75, 3.05) is 13.6 Å². The third kappa shape index (κ3) is 6.16. The van der Waals surface area contributed by atoms with Gasteiger partial charge in [-0.25, -0.2) is 4.39 Å². The maximum absolute atomic E-state index is 13.8. The molecule has 3 aromatic rings. The lowest BCUT2D eigenvalue weighted by Crippen LogP contribution is -2.36. The smallest absolute Gasteiger partial charge is 0.358 e. The normalized spacial score (nSPS) is 13.4. The molecule has 8 heteroatoms. The number of aryl methyl sites for hydroxylation is 1. The van der Waals surface area contributed by atoms with Gasteiger partial charge in [0.25, 0.3) is 0 Å². The number of halogens is 4. The number of likely N-dealkylation sites (N-methyl/N-ethyl adjacent to an activating group) is 1. The van der Waals surface area contributed by atoms with Gasteiger partial charge in [-0.15, -0.1) is 0 Å². The van der Waals surface area contributed by atoms with Gasteiger partial charge >= 0.3 is 6.18 Å². The van der Waals surface area contributed by atoms with Crippen LogP contribution in [0.3, 0.4) is 0 Å². The first kappa shape index (κ1) is 24.4. The minimum atomic E-state index is -4.48. The van der Waals surface area contributed by atoms with E-state index < -0.39 is 17.8 Å². The van der Waals surface area contributed by atoms with E-state index in [2.05, 4.69) is 15.6 Å². The molecule has 33 heavy (non-hydrogen) atoms. The molecular weight excluding hydrogens is 434 g/mol. The molecule has 0 spiro atoms. The predicted molar refractivity (Wildman–Crippen MR) is 118 cm³/mol. The molecule has 1 amide bonds. The lowest BCUT2D eigenvalue weighted by molar-refractivity contribution is -0.137. The number of amides is 1. The van der Waals surface area contributed by atoms with Crippen LogP contribution in [0.2, 0.25) is 0 Å². The number of hydrogen-bond donors (Lipinski definition) is 2. The van der Waals surface area contributed by atoms with E-state index in [0.29, 0.717) is 24.2 Å². The summed E-state index contributed by atoms with van der Waals surface area (Å²) in [5.41, 5.74) is 1.57. The van der Waals surface area contributed by atoms with Gasteiger partial charge in [-0.05, 0) is 54.8 Å². The number of benzene rings is 2. The fourth-order valence-electron chi connectivity index (χ4n) is 3.67. The van der Waals surface area contributed by atoms with Crippen LogP contribution in [0.5, 0.6) is 0 Å². The molecule has 0 unspecified atom stereocenters. The minimum Gasteiger partial charge on any atom is -0.358 e. The number of nitrogens with zero attached hydrogens (tertiary/aromatic N) is 1. The van der Waals surface area contributed by atoms with Crippen LogP contribution in [0.1, 0.15) is 46.3 Å². The van der Waals surface area contributed by atoms with Crippen molar-refractivity contribution in [2.45, 2.75) is 31.5 Å². The Bertz CT molecular complexity index is 1070. The Morgan fingerprint density at radius 1 is 1.03 bits per heavy atom. The summed E-state index contributed by atoms with van der Waals surface area (Å²) in [4.78, 5) is 16.5. The Labute approximate surface area is 190 Å². The molecular formula is C25H25F4N3O. The van der Waals surface area contributed by atoms with Crippen LogP contribution < -0.4 is 10.6 Å². The second-order valence-corrected chi connectivity index (χ2v) is 7.73. The van der Waals surface area contributed by atoms with E-state index >= 15 is 0 Å². The van der Waals surface area contributed by atoms with Crippen LogP contribution in [0.25, 0.3) is 0 Å². The van der Waals surface area contributed by atoms with Gasteiger partial charge in [0.15, 0.2) is 0 Å². The molecule has 0 fully saturated rings. The highest BCUT2D eigenvalue weighted by molar-refractivity contribution is 5.82. The van der Waals surface area contributed by atoms with Crippen LogP contribution in [-0.2, 0) is 11.0 Å². The molecule has 2 N–H and O–H groups in total. The number of aromatic nitrogens is 1. The first-order chi connectivity index (χ1) is 15.7. The summed E-state index contributed by atoms with van der Waals surface area (Å²) in [6, 6.07) is 15.6. The standard InChI is InChI=1S/C25H25F4N3O/c1-16-14-18(8-10-21(16)26)20(22-11-9-19(15-32-22)25(27,28)29)12-13-31-23(24(33)30-2)17-6-4-3-5-7-17/h3-11,14-15,20,23,31H,12-13H2,1-2H3,(H,30,33)/t20-,23-/m1/s1. The third-order valence-electron chi connectivity index (χ3n) is 5.48.